The highest BCUT2D eigenvalue weighted by Gasteiger charge is 2.41. The van der Waals surface area contributed by atoms with Gasteiger partial charge in [0.2, 0.25) is 5.91 Å². The molecule has 26 heavy (non-hydrogen) atoms. The SMILES string of the molecule is Cc1ccc2c(c1)N(CC(=O)N(C)Cc1ccccc1)C(=O)C(C)(C)O2. The highest BCUT2D eigenvalue weighted by molar-refractivity contribution is 6.05. The Hall–Kier alpha value is -2.82. The van der Waals surface area contributed by atoms with Gasteiger partial charge in [0, 0.05) is 13.6 Å². The minimum absolute atomic E-state index is 0.00852. The van der Waals surface area contributed by atoms with Gasteiger partial charge in [0.15, 0.2) is 5.60 Å². The molecule has 0 saturated carbocycles. The third kappa shape index (κ3) is 3.57. The average Bonchev–Trinajstić information content (AvgIpc) is 2.60. The molecule has 0 radical (unpaired) electrons. The van der Waals surface area contributed by atoms with Gasteiger partial charge >= 0.3 is 0 Å². The van der Waals surface area contributed by atoms with E-state index in [0.717, 1.165) is 11.1 Å². The number of hydrogen-bond donors (Lipinski definition) is 0. The number of anilines is 1. The number of carbonyl (C=O) groups excluding carboxylic acids is 2. The second-order valence-corrected chi connectivity index (χ2v) is 7.21. The van der Waals surface area contributed by atoms with Gasteiger partial charge in [-0.1, -0.05) is 36.4 Å². The standard InChI is InChI=1S/C21H24N2O3/c1-15-10-11-18-17(12-15)23(20(25)21(2,3)26-18)14-19(24)22(4)13-16-8-6-5-7-9-16/h5-12H,13-14H2,1-4H3. The third-order valence-electron chi connectivity index (χ3n) is 4.51. The molecule has 2 amide bonds. The van der Waals surface area contributed by atoms with Crippen molar-refractivity contribution in [3.8, 4) is 5.75 Å². The van der Waals surface area contributed by atoms with Crippen LogP contribution in [0.25, 0.3) is 0 Å². The van der Waals surface area contributed by atoms with E-state index >= 15 is 0 Å². The fourth-order valence-corrected chi connectivity index (χ4v) is 3.04. The van der Waals surface area contributed by atoms with Gasteiger partial charge in [-0.15, -0.1) is 0 Å². The lowest BCUT2D eigenvalue weighted by Crippen LogP contribution is -2.55. The van der Waals surface area contributed by atoms with E-state index in [1.807, 2.05) is 55.5 Å². The first kappa shape index (κ1) is 18.0. The summed E-state index contributed by atoms with van der Waals surface area (Å²) in [4.78, 5) is 28.8. The second-order valence-electron chi connectivity index (χ2n) is 7.21. The molecule has 0 spiro atoms. The van der Waals surface area contributed by atoms with Crippen LogP contribution in [-0.4, -0.2) is 35.9 Å². The van der Waals surface area contributed by atoms with E-state index in [0.29, 0.717) is 18.0 Å². The zero-order valence-electron chi connectivity index (χ0n) is 15.7. The predicted molar refractivity (Wildman–Crippen MR) is 101 cm³/mol. The molecular formula is C21H24N2O3. The zero-order valence-corrected chi connectivity index (χ0v) is 15.7. The average molecular weight is 352 g/mol. The Kier molecular flexibility index (Phi) is 4.72. The van der Waals surface area contributed by atoms with Crippen molar-refractivity contribution >= 4 is 17.5 Å². The fourth-order valence-electron chi connectivity index (χ4n) is 3.04. The molecule has 0 N–H and O–H groups in total. The summed E-state index contributed by atoms with van der Waals surface area (Å²) in [6, 6.07) is 15.5. The summed E-state index contributed by atoms with van der Waals surface area (Å²) >= 11 is 0. The van der Waals surface area contributed by atoms with Crippen LogP contribution in [0, 0.1) is 6.92 Å². The Labute approximate surface area is 154 Å². The largest absolute Gasteiger partial charge is 0.476 e. The van der Waals surface area contributed by atoms with Gasteiger partial charge in [0.05, 0.1) is 5.69 Å². The molecule has 2 aromatic rings. The predicted octanol–water partition coefficient (Wildman–Crippen LogP) is 3.16. The first-order chi connectivity index (χ1) is 12.3. The second kappa shape index (κ2) is 6.83. The molecule has 5 nitrogen and oxygen atoms in total. The number of fused-ring (bicyclic) bond motifs is 1. The number of benzene rings is 2. The van der Waals surface area contributed by atoms with E-state index < -0.39 is 5.60 Å². The monoisotopic (exact) mass is 352 g/mol. The minimum Gasteiger partial charge on any atom is -0.476 e. The van der Waals surface area contributed by atoms with Crippen LogP contribution < -0.4 is 9.64 Å². The lowest BCUT2D eigenvalue weighted by molar-refractivity contribution is -0.136. The Bertz CT molecular complexity index is 830. The maximum absolute atomic E-state index is 12.9. The molecule has 136 valence electrons. The van der Waals surface area contributed by atoms with E-state index in [9.17, 15) is 9.59 Å². The first-order valence-electron chi connectivity index (χ1n) is 8.67. The van der Waals surface area contributed by atoms with Crippen LogP contribution in [0.1, 0.15) is 25.0 Å². The molecule has 1 aliphatic heterocycles. The maximum Gasteiger partial charge on any atom is 0.271 e. The summed E-state index contributed by atoms with van der Waals surface area (Å²) < 4.78 is 5.84. The molecule has 0 atom stereocenters. The van der Waals surface area contributed by atoms with Crippen molar-refractivity contribution in [3.05, 3.63) is 59.7 Å². The van der Waals surface area contributed by atoms with Crippen molar-refractivity contribution in [2.75, 3.05) is 18.5 Å². The molecule has 0 fully saturated rings. The van der Waals surface area contributed by atoms with Gasteiger partial charge in [-0.25, -0.2) is 0 Å². The van der Waals surface area contributed by atoms with Crippen LogP contribution in [-0.2, 0) is 16.1 Å². The van der Waals surface area contributed by atoms with Crippen molar-refractivity contribution in [1.82, 2.24) is 4.90 Å². The molecule has 0 saturated heterocycles. The van der Waals surface area contributed by atoms with Crippen LogP contribution in [0.15, 0.2) is 48.5 Å². The molecule has 3 rings (SSSR count). The van der Waals surface area contributed by atoms with Crippen LogP contribution in [0.3, 0.4) is 0 Å². The highest BCUT2D eigenvalue weighted by Crippen LogP contribution is 2.38. The summed E-state index contributed by atoms with van der Waals surface area (Å²) in [6.45, 7) is 5.90. The number of ether oxygens (including phenoxy) is 1. The number of aryl methyl sites for hydroxylation is 1. The number of carbonyl (C=O) groups is 2. The number of nitrogens with zero attached hydrogens (tertiary/aromatic N) is 2. The molecular weight excluding hydrogens is 328 g/mol. The number of likely N-dealkylation sites (N-methyl/N-ethyl adjacent to an activating group) is 1. The van der Waals surface area contributed by atoms with Crippen molar-refractivity contribution in [2.45, 2.75) is 32.9 Å². The smallest absolute Gasteiger partial charge is 0.271 e. The molecule has 0 bridgehead atoms. The van der Waals surface area contributed by atoms with Crippen LogP contribution >= 0.6 is 0 Å². The van der Waals surface area contributed by atoms with Crippen molar-refractivity contribution < 1.29 is 14.3 Å². The Morgan fingerprint density at radius 3 is 2.54 bits per heavy atom. The van der Waals surface area contributed by atoms with E-state index in [4.69, 9.17) is 4.74 Å². The first-order valence-corrected chi connectivity index (χ1v) is 8.67. The van der Waals surface area contributed by atoms with E-state index in [1.165, 1.54) is 4.90 Å². The fraction of sp³-hybridized carbons (Fsp3) is 0.333. The molecule has 2 aromatic carbocycles. The van der Waals surface area contributed by atoms with E-state index in [2.05, 4.69) is 0 Å². The summed E-state index contributed by atoms with van der Waals surface area (Å²) in [5, 5.41) is 0. The van der Waals surface area contributed by atoms with E-state index in [-0.39, 0.29) is 18.4 Å². The van der Waals surface area contributed by atoms with Crippen LogP contribution in [0.4, 0.5) is 5.69 Å². The zero-order chi connectivity index (χ0) is 18.9. The molecule has 0 aromatic heterocycles. The molecule has 0 aliphatic carbocycles. The molecule has 1 heterocycles. The summed E-state index contributed by atoms with van der Waals surface area (Å²) in [5.74, 6) is 0.295. The molecule has 1 aliphatic rings. The van der Waals surface area contributed by atoms with Gasteiger partial charge < -0.3 is 9.64 Å². The molecule has 5 heteroatoms. The lowest BCUT2D eigenvalue weighted by Gasteiger charge is -2.39. The van der Waals surface area contributed by atoms with E-state index in [1.54, 1.807) is 25.8 Å². The van der Waals surface area contributed by atoms with Gasteiger partial charge in [-0.05, 0) is 44.0 Å². The van der Waals surface area contributed by atoms with Crippen molar-refractivity contribution in [2.24, 2.45) is 0 Å². The van der Waals surface area contributed by atoms with Crippen molar-refractivity contribution in [1.29, 1.82) is 0 Å². The minimum atomic E-state index is -0.999. The maximum atomic E-state index is 12.9. The van der Waals surface area contributed by atoms with Gasteiger partial charge in [0.25, 0.3) is 5.91 Å². The number of amides is 2. The van der Waals surface area contributed by atoms with Crippen LogP contribution in [0.2, 0.25) is 0 Å². The lowest BCUT2D eigenvalue weighted by atomic mass is 10.0. The third-order valence-corrected chi connectivity index (χ3v) is 4.51. The highest BCUT2D eigenvalue weighted by atomic mass is 16.5. The normalized spacial score (nSPS) is 15.2. The quantitative estimate of drug-likeness (QED) is 0.849. The van der Waals surface area contributed by atoms with Gasteiger partial charge in [-0.2, -0.15) is 0 Å². The molecule has 0 unspecified atom stereocenters. The number of hydrogen-bond acceptors (Lipinski definition) is 3. The van der Waals surface area contributed by atoms with Gasteiger partial charge in [0.1, 0.15) is 12.3 Å². The van der Waals surface area contributed by atoms with Crippen molar-refractivity contribution in [3.63, 3.8) is 0 Å². The Morgan fingerprint density at radius 2 is 1.85 bits per heavy atom. The number of rotatable bonds is 4. The summed E-state index contributed by atoms with van der Waals surface area (Å²) in [5.41, 5.74) is 1.71. The Balaban J connectivity index is 1.82. The summed E-state index contributed by atoms with van der Waals surface area (Å²) in [6.07, 6.45) is 0. The topological polar surface area (TPSA) is 49.9 Å². The van der Waals surface area contributed by atoms with Gasteiger partial charge in [-0.3, -0.25) is 14.5 Å². The Morgan fingerprint density at radius 1 is 1.15 bits per heavy atom. The summed E-state index contributed by atoms with van der Waals surface area (Å²) in [7, 11) is 1.75. The van der Waals surface area contributed by atoms with Crippen LogP contribution in [0.5, 0.6) is 5.75 Å².